The van der Waals surface area contributed by atoms with Gasteiger partial charge in [0.2, 0.25) is 11.8 Å². The lowest BCUT2D eigenvalue weighted by Crippen LogP contribution is -2.35. The molecule has 0 aliphatic heterocycles. The molecule has 46 heavy (non-hydrogen) atoms. The van der Waals surface area contributed by atoms with Crippen LogP contribution in [0.5, 0.6) is 5.88 Å². The average Bonchev–Trinajstić information content (AvgIpc) is 3.38. The van der Waals surface area contributed by atoms with Crippen molar-refractivity contribution in [1.29, 1.82) is 0 Å². The molecule has 0 saturated heterocycles. The summed E-state index contributed by atoms with van der Waals surface area (Å²) in [7, 11) is 4.48. The largest absolute Gasteiger partial charge is 0.479 e. The predicted octanol–water partition coefficient (Wildman–Crippen LogP) is 6.24. The highest BCUT2D eigenvalue weighted by Crippen LogP contribution is 2.39. The van der Waals surface area contributed by atoms with E-state index in [0.717, 1.165) is 10.5 Å². The molecule has 0 fully saturated rings. The van der Waals surface area contributed by atoms with Gasteiger partial charge < -0.3 is 19.1 Å². The van der Waals surface area contributed by atoms with Gasteiger partial charge in [0.15, 0.2) is 5.69 Å². The number of halogens is 2. The maximum absolute atomic E-state index is 12.8. The summed E-state index contributed by atoms with van der Waals surface area (Å²) >= 11 is 12.5. The van der Waals surface area contributed by atoms with Gasteiger partial charge in [-0.1, -0.05) is 49.2 Å². The maximum atomic E-state index is 12.8. The van der Waals surface area contributed by atoms with E-state index in [1.807, 2.05) is 26.0 Å². The Morgan fingerprint density at radius 3 is 2.33 bits per heavy atom. The number of rotatable bonds is 9. The monoisotopic (exact) mass is 670 g/mol. The number of aryl methyl sites for hydroxylation is 1. The van der Waals surface area contributed by atoms with E-state index in [0.29, 0.717) is 21.8 Å². The van der Waals surface area contributed by atoms with Crippen LogP contribution in [-0.4, -0.2) is 61.2 Å². The number of hydrogen-bond donors (Lipinski definition) is 1. The number of anilines is 1. The second-order valence-corrected chi connectivity index (χ2v) is 12.9. The van der Waals surface area contributed by atoms with Crippen molar-refractivity contribution >= 4 is 41.2 Å². The van der Waals surface area contributed by atoms with Gasteiger partial charge in [0, 0.05) is 36.8 Å². The fraction of sp³-hybridized carbons (Fsp3) is 0.375. The molecule has 0 saturated carbocycles. The molecule has 1 N–H and O–H groups in total. The third-order valence-electron chi connectivity index (χ3n) is 7.08. The molecule has 0 radical (unpaired) electrons. The Morgan fingerprint density at radius 2 is 1.78 bits per heavy atom. The number of pyridine rings is 1. The number of ether oxygens (including phenoxy) is 2. The molecule has 1 unspecified atom stereocenters. The average molecular weight is 672 g/mol. The van der Waals surface area contributed by atoms with Gasteiger partial charge in [0.1, 0.15) is 16.3 Å². The zero-order chi connectivity index (χ0) is 34.1. The Hall–Kier alpha value is -4.42. The molecule has 1 aromatic carbocycles. The third-order valence-corrected chi connectivity index (χ3v) is 7.60. The fourth-order valence-electron chi connectivity index (χ4n) is 5.07. The molecule has 0 aliphatic rings. The first-order valence-corrected chi connectivity index (χ1v) is 15.1. The van der Waals surface area contributed by atoms with Crippen molar-refractivity contribution in [3.8, 4) is 11.6 Å². The van der Waals surface area contributed by atoms with Gasteiger partial charge in [-0.15, -0.1) is 0 Å². The van der Waals surface area contributed by atoms with Gasteiger partial charge in [-0.2, -0.15) is 10.1 Å². The summed E-state index contributed by atoms with van der Waals surface area (Å²) in [5, 5.41) is 15.6. The summed E-state index contributed by atoms with van der Waals surface area (Å²) in [4.78, 5) is 47.8. The van der Waals surface area contributed by atoms with Gasteiger partial charge in [0.25, 0.3) is 5.56 Å². The van der Waals surface area contributed by atoms with Gasteiger partial charge in [-0.3, -0.25) is 4.79 Å². The SMILES string of the molecule is COc1nc(N(C)C(=O)OC(C)(C)C)ncc1-n1nc(C(=O)O)c(C(Cc2cc(Cl)c(=O)n(C)c2)c2ccc(Cl)cc2)c1C(C)C. The van der Waals surface area contributed by atoms with Crippen molar-refractivity contribution in [2.75, 3.05) is 19.1 Å². The molecule has 0 spiro atoms. The second kappa shape index (κ2) is 13.5. The van der Waals surface area contributed by atoms with Crippen LogP contribution in [-0.2, 0) is 18.2 Å². The maximum Gasteiger partial charge on any atom is 0.416 e. The van der Waals surface area contributed by atoms with E-state index in [4.69, 9.17) is 32.7 Å². The van der Waals surface area contributed by atoms with E-state index in [1.165, 1.54) is 29.6 Å². The van der Waals surface area contributed by atoms with Crippen molar-refractivity contribution in [3.63, 3.8) is 0 Å². The molecule has 14 heteroatoms. The molecule has 0 bridgehead atoms. The molecular weight excluding hydrogens is 635 g/mol. The number of carbonyl (C=O) groups excluding carboxylic acids is 1. The minimum atomic E-state index is -1.24. The van der Waals surface area contributed by atoms with E-state index in [9.17, 15) is 19.5 Å². The molecule has 1 amide bonds. The van der Waals surface area contributed by atoms with Crippen LogP contribution in [0.2, 0.25) is 10.0 Å². The Bertz CT molecular complexity index is 1800. The smallest absolute Gasteiger partial charge is 0.416 e. The Kier molecular flexibility index (Phi) is 10.1. The van der Waals surface area contributed by atoms with Crippen LogP contribution < -0.4 is 15.2 Å². The number of benzene rings is 1. The predicted molar refractivity (Wildman–Crippen MR) is 175 cm³/mol. The zero-order valence-corrected chi connectivity index (χ0v) is 28.3. The highest BCUT2D eigenvalue weighted by molar-refractivity contribution is 6.30. The molecule has 12 nitrogen and oxygen atoms in total. The lowest BCUT2D eigenvalue weighted by molar-refractivity contribution is 0.0586. The van der Waals surface area contributed by atoms with Crippen LogP contribution >= 0.6 is 23.2 Å². The van der Waals surface area contributed by atoms with E-state index in [-0.39, 0.29) is 46.1 Å². The lowest BCUT2D eigenvalue weighted by Gasteiger charge is -2.24. The van der Waals surface area contributed by atoms with Gasteiger partial charge in [0.05, 0.1) is 19.0 Å². The summed E-state index contributed by atoms with van der Waals surface area (Å²) in [5.41, 5.74) is 1.51. The van der Waals surface area contributed by atoms with Gasteiger partial charge >= 0.3 is 12.1 Å². The highest BCUT2D eigenvalue weighted by Gasteiger charge is 2.33. The third kappa shape index (κ3) is 7.34. The van der Waals surface area contributed by atoms with E-state index < -0.39 is 23.6 Å². The van der Waals surface area contributed by atoms with Gasteiger partial charge in [-0.25, -0.2) is 24.2 Å². The molecule has 244 valence electrons. The summed E-state index contributed by atoms with van der Waals surface area (Å²) in [6, 6.07) is 8.70. The van der Waals surface area contributed by atoms with Crippen LogP contribution in [0.25, 0.3) is 5.69 Å². The van der Waals surface area contributed by atoms with Crippen molar-refractivity contribution in [2.24, 2.45) is 7.05 Å². The summed E-state index contributed by atoms with van der Waals surface area (Å²) < 4.78 is 13.9. The number of carboxylic acids is 1. The molecule has 4 aromatic rings. The van der Waals surface area contributed by atoms with Crippen molar-refractivity contribution < 1.29 is 24.2 Å². The Labute approximate surface area is 276 Å². The second-order valence-electron chi connectivity index (χ2n) is 12.0. The van der Waals surface area contributed by atoms with Crippen molar-refractivity contribution in [2.45, 2.75) is 58.5 Å². The van der Waals surface area contributed by atoms with Crippen LogP contribution in [0.4, 0.5) is 10.7 Å². The summed E-state index contributed by atoms with van der Waals surface area (Å²) in [5.74, 6) is -1.97. The summed E-state index contributed by atoms with van der Waals surface area (Å²) in [6.07, 6.45) is 2.71. The molecule has 1 atom stereocenters. The Morgan fingerprint density at radius 1 is 1.13 bits per heavy atom. The number of carbonyl (C=O) groups is 2. The molecular formula is C32H36Cl2N6O6. The van der Waals surface area contributed by atoms with Crippen molar-refractivity contribution in [1.82, 2.24) is 24.3 Å². The number of amides is 1. The number of carboxylic acid groups (broad SMARTS) is 1. The number of hydrogen-bond acceptors (Lipinski definition) is 8. The minimum Gasteiger partial charge on any atom is -0.479 e. The molecule has 4 rings (SSSR count). The fourth-order valence-corrected chi connectivity index (χ4v) is 5.47. The van der Waals surface area contributed by atoms with Gasteiger partial charge in [-0.05, 0) is 62.4 Å². The van der Waals surface area contributed by atoms with Crippen LogP contribution in [0.3, 0.4) is 0 Å². The zero-order valence-electron chi connectivity index (χ0n) is 26.8. The van der Waals surface area contributed by atoms with Crippen molar-refractivity contribution in [3.05, 3.63) is 91.2 Å². The first kappa shape index (κ1) is 34.5. The van der Waals surface area contributed by atoms with Crippen LogP contribution in [0.15, 0.2) is 47.5 Å². The minimum absolute atomic E-state index is 0.0115. The number of methoxy groups -OCH3 is 1. The highest BCUT2D eigenvalue weighted by atomic mass is 35.5. The summed E-state index contributed by atoms with van der Waals surface area (Å²) in [6.45, 7) is 9.08. The van der Waals surface area contributed by atoms with Crippen LogP contribution in [0, 0.1) is 0 Å². The number of aromatic carboxylic acids is 1. The Balaban J connectivity index is 1.94. The van der Waals surface area contributed by atoms with E-state index in [1.54, 1.807) is 52.2 Å². The standard InChI is InChI=1S/C32H36Cl2N6O6/c1-17(2)26-24(21(19-9-11-20(33)12-10-19)13-18-14-22(34)28(41)38(6)16-18)25(29(42)43)37-40(26)23-15-35-30(36-27(23)45-8)39(7)31(44)46-32(3,4)5/h9-12,14-17,21H,13H2,1-8H3,(H,42,43). The van der Waals surface area contributed by atoms with E-state index >= 15 is 0 Å². The molecule has 3 heterocycles. The molecule has 0 aliphatic carbocycles. The lowest BCUT2D eigenvalue weighted by atomic mass is 9.83. The number of aromatic nitrogens is 5. The molecule has 3 aromatic heterocycles. The van der Waals surface area contributed by atoms with Crippen LogP contribution in [0.1, 0.15) is 79.3 Å². The normalized spacial score (nSPS) is 12.2. The first-order valence-electron chi connectivity index (χ1n) is 14.4. The first-order chi connectivity index (χ1) is 21.5. The quantitative estimate of drug-likeness (QED) is 0.219. The number of nitrogens with zero attached hydrogens (tertiary/aromatic N) is 6. The topological polar surface area (TPSA) is 142 Å². The van der Waals surface area contributed by atoms with E-state index in [2.05, 4.69) is 15.1 Å².